The smallest absolute Gasteiger partial charge is 0.243 e. The molecule has 1 unspecified atom stereocenters. The van der Waals surface area contributed by atoms with Gasteiger partial charge in [-0.2, -0.15) is 0 Å². The van der Waals surface area contributed by atoms with Crippen LogP contribution in [0.2, 0.25) is 0 Å². The number of nitrogens with one attached hydrogen (secondary N) is 1. The molecule has 1 saturated heterocycles. The molecule has 0 saturated carbocycles. The molecule has 0 spiro atoms. The Kier molecular flexibility index (Phi) is 8.69. The second-order valence-electron chi connectivity index (χ2n) is 5.42. The Morgan fingerprint density at radius 2 is 2.05 bits per heavy atom. The lowest BCUT2D eigenvalue weighted by atomic mass is 10.0. The van der Waals surface area contributed by atoms with Crippen LogP contribution >= 0.6 is 11.8 Å². The topological polar surface area (TPSA) is 66.5 Å². The maximum atomic E-state index is 12.1. The van der Waals surface area contributed by atoms with E-state index in [9.17, 15) is 14.4 Å². The zero-order valence-corrected chi connectivity index (χ0v) is 13.8. The first-order valence-electron chi connectivity index (χ1n) is 7.72. The van der Waals surface area contributed by atoms with Crippen molar-refractivity contribution in [2.24, 2.45) is 0 Å². The Labute approximate surface area is 132 Å². The van der Waals surface area contributed by atoms with E-state index >= 15 is 0 Å². The van der Waals surface area contributed by atoms with Crippen molar-refractivity contribution < 1.29 is 14.4 Å². The number of rotatable bonds is 11. The fourth-order valence-electron chi connectivity index (χ4n) is 2.22. The normalized spacial score (nSPS) is 18.5. The Morgan fingerprint density at radius 1 is 1.33 bits per heavy atom. The van der Waals surface area contributed by atoms with Gasteiger partial charge in [-0.1, -0.05) is 32.6 Å². The van der Waals surface area contributed by atoms with Gasteiger partial charge in [0.2, 0.25) is 11.8 Å². The van der Waals surface area contributed by atoms with Gasteiger partial charge in [-0.15, -0.1) is 11.8 Å². The van der Waals surface area contributed by atoms with Crippen molar-refractivity contribution in [2.45, 2.75) is 50.7 Å². The summed E-state index contributed by atoms with van der Waals surface area (Å²) in [5.74, 6) is 0.677. The van der Waals surface area contributed by atoms with E-state index in [-0.39, 0.29) is 36.0 Å². The molecule has 118 valence electrons. The Bertz CT molecular complexity index is 379. The van der Waals surface area contributed by atoms with E-state index in [1.807, 2.05) is 0 Å². The Morgan fingerprint density at radius 3 is 2.71 bits per heavy atom. The molecular formula is C14H25BN2O3S. The van der Waals surface area contributed by atoms with Crippen molar-refractivity contribution in [1.29, 1.82) is 0 Å². The molecule has 1 heterocycles. The minimum Gasteiger partial charge on any atom is -0.311 e. The summed E-state index contributed by atoms with van der Waals surface area (Å²) in [6.07, 6.45) is 6.33. The summed E-state index contributed by atoms with van der Waals surface area (Å²) in [5.41, 5.74) is -0.00732. The number of thioether (sulfide) groups is 1. The SMILES string of the molecule is BC(=O)CNCN1C(=O)CC(SCCCCCCC)C1=O. The van der Waals surface area contributed by atoms with Crippen molar-refractivity contribution in [3.05, 3.63) is 0 Å². The molecule has 1 rings (SSSR count). The lowest BCUT2D eigenvalue weighted by Gasteiger charge is -2.15. The van der Waals surface area contributed by atoms with E-state index in [0.29, 0.717) is 6.42 Å². The molecule has 7 heteroatoms. The number of carbonyl (C=O) groups is 3. The quantitative estimate of drug-likeness (QED) is 0.342. The number of nitrogens with zero attached hydrogens (tertiary/aromatic N) is 1. The van der Waals surface area contributed by atoms with Gasteiger partial charge in [-0.25, -0.2) is 0 Å². The first-order chi connectivity index (χ1) is 10.1. The molecule has 0 aromatic heterocycles. The molecular weight excluding hydrogens is 287 g/mol. The van der Waals surface area contributed by atoms with Crippen molar-refractivity contribution in [3.63, 3.8) is 0 Å². The molecule has 1 aliphatic heterocycles. The Hall–Kier alpha value is -0.815. The highest BCUT2D eigenvalue weighted by atomic mass is 32.2. The lowest BCUT2D eigenvalue weighted by molar-refractivity contribution is -0.138. The second kappa shape index (κ2) is 10.0. The monoisotopic (exact) mass is 312 g/mol. The minimum atomic E-state index is -0.234. The molecule has 1 atom stereocenters. The fourth-order valence-corrected chi connectivity index (χ4v) is 3.41. The van der Waals surface area contributed by atoms with Crippen LogP contribution in [0.15, 0.2) is 0 Å². The van der Waals surface area contributed by atoms with Gasteiger partial charge < -0.3 is 4.79 Å². The molecule has 5 nitrogen and oxygen atoms in total. The summed E-state index contributed by atoms with van der Waals surface area (Å²) >= 11 is 1.59. The van der Waals surface area contributed by atoms with Crippen LogP contribution in [0.1, 0.15) is 45.4 Å². The van der Waals surface area contributed by atoms with Crippen molar-refractivity contribution >= 4 is 37.1 Å². The third-order valence-electron chi connectivity index (χ3n) is 3.41. The zero-order chi connectivity index (χ0) is 15.7. The number of imide groups is 1. The van der Waals surface area contributed by atoms with Crippen LogP contribution in [0.5, 0.6) is 0 Å². The maximum Gasteiger partial charge on any atom is 0.243 e. The van der Waals surface area contributed by atoms with Gasteiger partial charge >= 0.3 is 0 Å². The van der Waals surface area contributed by atoms with Gasteiger partial charge in [-0.3, -0.25) is 19.8 Å². The fraction of sp³-hybridized carbons (Fsp3) is 0.786. The summed E-state index contributed by atoms with van der Waals surface area (Å²) in [7, 11) is 1.47. The number of carbonyl (C=O) groups excluding carboxylic acids is 3. The van der Waals surface area contributed by atoms with Gasteiger partial charge in [0.25, 0.3) is 0 Å². The predicted octanol–water partition coefficient (Wildman–Crippen LogP) is 0.524. The van der Waals surface area contributed by atoms with Crippen LogP contribution in [-0.4, -0.2) is 54.5 Å². The molecule has 1 fully saturated rings. The van der Waals surface area contributed by atoms with Crippen LogP contribution < -0.4 is 5.32 Å². The van der Waals surface area contributed by atoms with Gasteiger partial charge in [-0.05, 0) is 12.2 Å². The van der Waals surface area contributed by atoms with Gasteiger partial charge in [0.05, 0.1) is 17.6 Å². The standard InChI is InChI=1S/C14H25BN2O3S/c1-2-3-4-5-6-7-21-11-8-13(19)17(14(11)20)10-16-9-12(15)18/h11,16H,2-10,15H2,1H3. The van der Waals surface area contributed by atoms with Gasteiger partial charge in [0.1, 0.15) is 0 Å². The number of amides is 2. The Balaban J connectivity index is 2.23. The van der Waals surface area contributed by atoms with Crippen molar-refractivity contribution in [2.75, 3.05) is 19.0 Å². The summed E-state index contributed by atoms with van der Waals surface area (Å²) in [6.45, 7) is 2.52. The van der Waals surface area contributed by atoms with E-state index in [2.05, 4.69) is 12.2 Å². The van der Waals surface area contributed by atoms with Gasteiger partial charge in [0.15, 0.2) is 7.85 Å². The molecule has 1 N–H and O–H groups in total. The highest BCUT2D eigenvalue weighted by Crippen LogP contribution is 2.25. The molecule has 21 heavy (non-hydrogen) atoms. The van der Waals surface area contributed by atoms with Crippen LogP contribution in [0.25, 0.3) is 0 Å². The molecule has 0 bridgehead atoms. The molecule has 0 aromatic rings. The lowest BCUT2D eigenvalue weighted by Crippen LogP contribution is -2.41. The highest BCUT2D eigenvalue weighted by molar-refractivity contribution is 8.00. The third kappa shape index (κ3) is 6.65. The first-order valence-corrected chi connectivity index (χ1v) is 8.77. The highest BCUT2D eigenvalue weighted by Gasteiger charge is 2.38. The second-order valence-corrected chi connectivity index (χ2v) is 6.74. The number of unbranched alkanes of at least 4 members (excludes halogenated alkanes) is 4. The summed E-state index contributed by atoms with van der Waals surface area (Å²) in [6, 6.07) is 0. The number of hydrogen-bond donors (Lipinski definition) is 1. The number of likely N-dealkylation sites (tertiary alicyclic amines) is 1. The molecule has 2 amide bonds. The van der Waals surface area contributed by atoms with Crippen LogP contribution in [-0.2, 0) is 14.4 Å². The first kappa shape index (κ1) is 18.2. The van der Waals surface area contributed by atoms with Crippen LogP contribution in [0, 0.1) is 0 Å². The van der Waals surface area contributed by atoms with E-state index < -0.39 is 0 Å². The molecule has 0 aromatic carbocycles. The zero-order valence-electron chi connectivity index (χ0n) is 13.0. The van der Waals surface area contributed by atoms with E-state index in [1.54, 1.807) is 11.8 Å². The molecule has 0 aliphatic carbocycles. The van der Waals surface area contributed by atoms with Crippen molar-refractivity contribution in [1.82, 2.24) is 10.2 Å². The number of hydrogen-bond acceptors (Lipinski definition) is 5. The predicted molar refractivity (Wildman–Crippen MR) is 87.9 cm³/mol. The van der Waals surface area contributed by atoms with E-state index in [0.717, 1.165) is 12.2 Å². The van der Waals surface area contributed by atoms with E-state index in [1.165, 1.54) is 38.4 Å². The summed E-state index contributed by atoms with van der Waals surface area (Å²) < 4.78 is 0. The average molecular weight is 312 g/mol. The third-order valence-corrected chi connectivity index (χ3v) is 4.71. The van der Waals surface area contributed by atoms with Crippen LogP contribution in [0.4, 0.5) is 0 Å². The maximum absolute atomic E-state index is 12.1. The molecule has 0 radical (unpaired) electrons. The van der Waals surface area contributed by atoms with Gasteiger partial charge in [0, 0.05) is 13.0 Å². The minimum absolute atomic E-state index is 0.00732. The van der Waals surface area contributed by atoms with E-state index in [4.69, 9.17) is 0 Å². The average Bonchev–Trinajstić information content (AvgIpc) is 2.70. The summed E-state index contributed by atoms with van der Waals surface area (Å²) in [4.78, 5) is 36.0. The van der Waals surface area contributed by atoms with Crippen LogP contribution in [0.3, 0.4) is 0 Å². The molecule has 1 aliphatic rings. The largest absolute Gasteiger partial charge is 0.311 e. The van der Waals surface area contributed by atoms with Crippen molar-refractivity contribution in [3.8, 4) is 0 Å². The summed E-state index contributed by atoms with van der Waals surface area (Å²) in [5, 5.41) is 2.59.